The number of nitrogens with one attached hydrogen (secondary N) is 2. The number of hydrogen-bond donors (Lipinski definition) is 2. The highest BCUT2D eigenvalue weighted by Gasteiger charge is 2.34. The Bertz CT molecular complexity index is 549. The van der Waals surface area contributed by atoms with Crippen molar-refractivity contribution in [2.75, 3.05) is 26.5 Å². The zero-order valence-corrected chi connectivity index (χ0v) is 14.4. The van der Waals surface area contributed by atoms with Crippen LogP contribution in [-0.2, 0) is 5.67 Å². The van der Waals surface area contributed by atoms with Gasteiger partial charge in [0.1, 0.15) is 5.67 Å². The first kappa shape index (κ1) is 18.1. The van der Waals surface area contributed by atoms with Crippen LogP contribution in [0.25, 0.3) is 0 Å². The van der Waals surface area contributed by atoms with Crippen molar-refractivity contribution in [2.45, 2.75) is 32.9 Å². The van der Waals surface area contributed by atoms with Crippen molar-refractivity contribution in [3.63, 3.8) is 0 Å². The summed E-state index contributed by atoms with van der Waals surface area (Å²) in [6.07, 6.45) is 0.772. The average molecular weight is 306 g/mol. The number of anilines is 1. The second kappa shape index (κ2) is 7.92. The second-order valence-corrected chi connectivity index (χ2v) is 5.45. The van der Waals surface area contributed by atoms with E-state index in [1.165, 1.54) is 0 Å². The lowest BCUT2D eigenvalue weighted by molar-refractivity contribution is 0.110. The van der Waals surface area contributed by atoms with E-state index in [1.54, 1.807) is 28.1 Å². The number of amidine groups is 2. The maximum atomic E-state index is 15.3. The number of para-hydroxylation sites is 1. The molecule has 0 fully saturated rings. The van der Waals surface area contributed by atoms with Crippen LogP contribution in [0.5, 0.6) is 0 Å². The molecule has 1 rings (SSSR count). The van der Waals surface area contributed by atoms with E-state index in [9.17, 15) is 0 Å². The first-order valence-corrected chi connectivity index (χ1v) is 7.59. The minimum atomic E-state index is -1.42. The van der Waals surface area contributed by atoms with Gasteiger partial charge in [-0.25, -0.2) is 4.39 Å². The van der Waals surface area contributed by atoms with E-state index in [-0.39, 0.29) is 5.92 Å². The summed E-state index contributed by atoms with van der Waals surface area (Å²) >= 11 is 0. The molecule has 122 valence electrons. The third-order valence-electron chi connectivity index (χ3n) is 4.15. The van der Waals surface area contributed by atoms with Crippen LogP contribution < -0.4 is 10.6 Å². The van der Waals surface area contributed by atoms with Gasteiger partial charge in [0.25, 0.3) is 0 Å². The molecule has 2 N–H and O–H groups in total. The molecule has 1 aromatic carbocycles. The molecule has 5 heteroatoms. The summed E-state index contributed by atoms with van der Waals surface area (Å²) in [6, 6.07) is 7.43. The lowest BCUT2D eigenvalue weighted by Gasteiger charge is -2.29. The number of aliphatic imine (C=N–C) groups is 2. The highest BCUT2D eigenvalue weighted by atomic mass is 19.1. The van der Waals surface area contributed by atoms with Crippen LogP contribution in [0.15, 0.2) is 34.3 Å². The van der Waals surface area contributed by atoms with E-state index in [0.29, 0.717) is 22.9 Å². The Labute approximate surface area is 133 Å². The summed E-state index contributed by atoms with van der Waals surface area (Å²) in [5.41, 5.74) is -0.0674. The fourth-order valence-electron chi connectivity index (χ4n) is 2.35. The largest absolute Gasteiger partial charge is 0.370 e. The molecule has 2 atom stereocenters. The zero-order chi connectivity index (χ0) is 16.8. The van der Waals surface area contributed by atoms with E-state index < -0.39 is 5.67 Å². The van der Waals surface area contributed by atoms with Crippen LogP contribution >= 0.6 is 0 Å². The lowest BCUT2D eigenvalue weighted by Crippen LogP contribution is -2.34. The third-order valence-corrected chi connectivity index (χ3v) is 4.15. The smallest absolute Gasteiger partial charge is 0.168 e. The van der Waals surface area contributed by atoms with E-state index in [0.717, 1.165) is 6.42 Å². The van der Waals surface area contributed by atoms with Crippen molar-refractivity contribution in [1.82, 2.24) is 5.32 Å². The van der Waals surface area contributed by atoms with Gasteiger partial charge < -0.3 is 10.6 Å². The minimum absolute atomic E-state index is 0.0823. The van der Waals surface area contributed by atoms with E-state index >= 15 is 4.39 Å². The van der Waals surface area contributed by atoms with Crippen LogP contribution in [0, 0.1) is 5.92 Å². The predicted molar refractivity (Wildman–Crippen MR) is 93.8 cm³/mol. The molecule has 0 saturated carbocycles. The molecule has 2 unspecified atom stereocenters. The summed E-state index contributed by atoms with van der Waals surface area (Å²) in [7, 11) is 5.14. The molecule has 0 aliphatic rings. The van der Waals surface area contributed by atoms with Crippen molar-refractivity contribution in [1.29, 1.82) is 0 Å². The number of rotatable bonds is 4. The van der Waals surface area contributed by atoms with Gasteiger partial charge in [0, 0.05) is 32.4 Å². The summed E-state index contributed by atoms with van der Waals surface area (Å²) in [5, 5.41) is 6.18. The predicted octanol–water partition coefficient (Wildman–Crippen LogP) is 3.61. The van der Waals surface area contributed by atoms with Crippen LogP contribution in [0.4, 0.5) is 10.1 Å². The summed E-state index contributed by atoms with van der Waals surface area (Å²) < 4.78 is 15.3. The van der Waals surface area contributed by atoms with Crippen molar-refractivity contribution >= 4 is 17.4 Å². The molecule has 0 spiro atoms. The molecule has 0 aliphatic carbocycles. The van der Waals surface area contributed by atoms with Gasteiger partial charge in [-0.15, -0.1) is 0 Å². The van der Waals surface area contributed by atoms with Gasteiger partial charge in [0.05, 0.1) is 0 Å². The number of likely N-dealkylation sites (N-methyl/N-ethyl adjacent to an activating group) is 1. The molecular weight excluding hydrogens is 279 g/mol. The number of alkyl halides is 1. The Hall–Kier alpha value is -1.91. The topological polar surface area (TPSA) is 48.8 Å². The van der Waals surface area contributed by atoms with Gasteiger partial charge in [-0.1, -0.05) is 38.5 Å². The van der Waals surface area contributed by atoms with Crippen LogP contribution in [0.2, 0.25) is 0 Å². The minimum Gasteiger partial charge on any atom is -0.370 e. The van der Waals surface area contributed by atoms with Gasteiger partial charge in [-0.2, -0.15) is 0 Å². The maximum absolute atomic E-state index is 15.3. The van der Waals surface area contributed by atoms with Crippen molar-refractivity contribution < 1.29 is 4.39 Å². The highest BCUT2D eigenvalue weighted by molar-refractivity contribution is 6.44. The Balaban J connectivity index is 3.23. The van der Waals surface area contributed by atoms with Crippen LogP contribution in [0.1, 0.15) is 32.8 Å². The van der Waals surface area contributed by atoms with Crippen LogP contribution in [0.3, 0.4) is 0 Å². The average Bonchev–Trinajstić information content (AvgIpc) is 2.54. The number of nitrogens with zero attached hydrogens (tertiary/aromatic N) is 2. The van der Waals surface area contributed by atoms with Crippen LogP contribution in [-0.4, -0.2) is 32.8 Å². The maximum Gasteiger partial charge on any atom is 0.168 e. The molecule has 0 heterocycles. The molecule has 22 heavy (non-hydrogen) atoms. The second-order valence-electron chi connectivity index (χ2n) is 5.45. The molecule has 0 amide bonds. The SMILES string of the molecule is CCC(C)C(C)(F)c1ccccc1NC(=NC)C(=NC)NC. The third kappa shape index (κ3) is 3.84. The molecule has 0 bridgehead atoms. The van der Waals surface area contributed by atoms with Gasteiger partial charge in [0.15, 0.2) is 11.7 Å². The molecular formula is C17H27FN4. The summed E-state index contributed by atoms with van der Waals surface area (Å²) in [5.74, 6) is 1.12. The molecule has 0 radical (unpaired) electrons. The van der Waals surface area contributed by atoms with E-state index in [1.807, 2.05) is 38.1 Å². The van der Waals surface area contributed by atoms with Gasteiger partial charge in [0.2, 0.25) is 0 Å². The first-order chi connectivity index (χ1) is 10.4. The highest BCUT2D eigenvalue weighted by Crippen LogP contribution is 2.39. The number of hydrogen-bond acceptors (Lipinski definition) is 2. The Morgan fingerprint density at radius 1 is 1.23 bits per heavy atom. The van der Waals surface area contributed by atoms with Gasteiger partial charge in [-0.3, -0.25) is 9.98 Å². The molecule has 1 aromatic rings. The fraction of sp³-hybridized carbons (Fsp3) is 0.529. The van der Waals surface area contributed by atoms with E-state index in [4.69, 9.17) is 0 Å². The zero-order valence-electron chi connectivity index (χ0n) is 14.4. The molecule has 4 nitrogen and oxygen atoms in total. The lowest BCUT2D eigenvalue weighted by atomic mass is 9.83. The fourth-order valence-corrected chi connectivity index (χ4v) is 2.35. The van der Waals surface area contributed by atoms with E-state index in [2.05, 4.69) is 20.6 Å². The first-order valence-electron chi connectivity index (χ1n) is 7.59. The Morgan fingerprint density at radius 3 is 2.32 bits per heavy atom. The van der Waals surface area contributed by atoms with Crippen molar-refractivity contribution in [2.24, 2.45) is 15.9 Å². The molecule has 0 aliphatic heterocycles. The number of halogens is 1. The normalized spacial score (nSPS) is 16.9. The standard InChI is InChI=1S/C17H27FN4/c1-7-12(2)17(3,18)13-10-8-9-11-14(13)22-16(21-6)15(19-4)20-5/h8-12H,7H2,1-6H3,(H,19,20)(H,21,22). The number of benzene rings is 1. The molecule has 0 saturated heterocycles. The molecule has 0 aromatic heterocycles. The monoisotopic (exact) mass is 306 g/mol. The summed E-state index contributed by atoms with van der Waals surface area (Å²) in [4.78, 5) is 8.34. The van der Waals surface area contributed by atoms with Gasteiger partial charge >= 0.3 is 0 Å². The van der Waals surface area contributed by atoms with Crippen molar-refractivity contribution in [3.05, 3.63) is 29.8 Å². The Kier molecular flexibility index (Phi) is 6.53. The summed E-state index contributed by atoms with van der Waals surface area (Å²) in [6.45, 7) is 5.57. The van der Waals surface area contributed by atoms with Gasteiger partial charge in [-0.05, 0) is 18.9 Å². The quantitative estimate of drug-likeness (QED) is 0.659. The Morgan fingerprint density at radius 2 is 1.82 bits per heavy atom. The van der Waals surface area contributed by atoms with Crippen molar-refractivity contribution in [3.8, 4) is 0 Å².